The molecule has 0 spiro atoms. The molecule has 0 saturated carbocycles. The van der Waals surface area contributed by atoms with E-state index < -0.39 is 23.1 Å². The Morgan fingerprint density at radius 3 is 1.21 bits per heavy atom. The Morgan fingerprint density at radius 2 is 1.00 bits per heavy atom. The zero-order chi connectivity index (χ0) is 9.94. The Bertz CT molecular complexity index is 87.0. The minimum atomic E-state index is -2.34. The van der Waals surface area contributed by atoms with Gasteiger partial charge in [-0.25, -0.2) is 0 Å². The van der Waals surface area contributed by atoms with Crippen LogP contribution in [0.5, 0.6) is 0 Å². The van der Waals surface area contributed by atoms with Gasteiger partial charge in [0, 0.05) is 0 Å². The van der Waals surface area contributed by atoms with Crippen molar-refractivity contribution in [3.8, 4) is 0 Å². The maximum Gasteiger partial charge on any atom is -0.147 e. The summed E-state index contributed by atoms with van der Waals surface area (Å²) in [5, 5.41) is 0. The second-order valence-corrected chi connectivity index (χ2v) is 6.15. The summed E-state index contributed by atoms with van der Waals surface area (Å²) < 4.78 is 16.6. The molecule has 14 heavy (non-hydrogen) atoms. The molecule has 0 aromatic carbocycles. The molecule has 0 aliphatic rings. The first-order chi connectivity index (χ1) is 6.35. The average Bonchev–Trinajstić information content (AvgIpc) is 2.17. The van der Waals surface area contributed by atoms with Crippen LogP contribution in [0.1, 0.15) is 40.0 Å². The molecule has 0 unspecified atom stereocenters. The summed E-state index contributed by atoms with van der Waals surface area (Å²) in [4.78, 5) is 0. The molecule has 0 rings (SSSR count). The van der Waals surface area contributed by atoms with E-state index in [-0.39, 0.29) is 12.4 Å². The number of rotatable bonds is 9. The van der Waals surface area contributed by atoms with Gasteiger partial charge in [0.25, 0.3) is 0 Å². The molecule has 0 fully saturated rings. The second-order valence-electron chi connectivity index (χ2n) is 2.80. The molecule has 0 amide bonds. The Labute approximate surface area is 103 Å². The molecular weight excluding hydrogens is 283 g/mol. The minimum Gasteiger partial charge on any atom is -0.147 e. The Kier molecular flexibility index (Phi) is 17.5. The summed E-state index contributed by atoms with van der Waals surface area (Å²) in [5.74, 6) is 0. The summed E-state index contributed by atoms with van der Waals surface area (Å²) in [7, 11) is 0. The van der Waals surface area contributed by atoms with Gasteiger partial charge >= 0.3 is 91.4 Å². The Hall–Kier alpha value is 1.05. The van der Waals surface area contributed by atoms with E-state index in [0.29, 0.717) is 0 Å². The van der Waals surface area contributed by atoms with E-state index in [2.05, 4.69) is 20.8 Å². The SMILES string of the molecule is CCC[O][Zr]([O]CCC)[O]CCC.Cl. The maximum absolute atomic E-state index is 5.55. The maximum atomic E-state index is 5.55. The van der Waals surface area contributed by atoms with Gasteiger partial charge < -0.3 is 0 Å². The predicted molar refractivity (Wildman–Crippen MR) is 56.0 cm³/mol. The average molecular weight is 305 g/mol. The summed E-state index contributed by atoms with van der Waals surface area (Å²) in [6.07, 6.45) is 3.11. The van der Waals surface area contributed by atoms with Crippen LogP contribution in [0.4, 0.5) is 0 Å². The fourth-order valence-corrected chi connectivity index (χ4v) is 4.03. The molecule has 5 heteroatoms. The fourth-order valence-electron chi connectivity index (χ4n) is 0.681. The van der Waals surface area contributed by atoms with Crippen LogP contribution in [0.3, 0.4) is 0 Å². The van der Waals surface area contributed by atoms with Crippen LogP contribution in [0.2, 0.25) is 0 Å². The molecule has 3 nitrogen and oxygen atoms in total. The standard InChI is InChI=1S/3C3H7O.ClH.Zr/c3*1-2-3-4;;/h3*2-3H2,1H3;1H;/q3*-1;;+3. The molecule has 0 radical (unpaired) electrons. The minimum absolute atomic E-state index is 0. The largest absolute Gasteiger partial charge is 0.147 e. The van der Waals surface area contributed by atoms with Crippen molar-refractivity contribution < 1.29 is 31.5 Å². The molecule has 0 aromatic rings. The monoisotopic (exact) mass is 303 g/mol. The first-order valence-electron chi connectivity index (χ1n) is 5.10. The zero-order valence-electron chi connectivity index (χ0n) is 9.38. The molecule has 0 aromatic heterocycles. The summed E-state index contributed by atoms with van der Waals surface area (Å²) in [5.41, 5.74) is 0. The first-order valence-corrected chi connectivity index (χ1v) is 8.11. The molecule has 0 atom stereocenters. The van der Waals surface area contributed by atoms with Crippen LogP contribution in [0, 0.1) is 0 Å². The van der Waals surface area contributed by atoms with Crippen molar-refractivity contribution in [2.75, 3.05) is 19.8 Å². The second kappa shape index (κ2) is 14.1. The molecule has 0 heterocycles. The van der Waals surface area contributed by atoms with Gasteiger partial charge in [-0.2, -0.15) is 0 Å². The molecule has 0 N–H and O–H groups in total. The van der Waals surface area contributed by atoms with E-state index in [4.69, 9.17) is 8.44 Å². The van der Waals surface area contributed by atoms with Crippen LogP contribution in [0.25, 0.3) is 0 Å². The summed E-state index contributed by atoms with van der Waals surface area (Å²) in [6, 6.07) is 0. The number of halogens is 1. The number of hydrogen-bond acceptors (Lipinski definition) is 3. The summed E-state index contributed by atoms with van der Waals surface area (Å²) in [6.45, 7) is 8.63. The van der Waals surface area contributed by atoms with Gasteiger partial charge in [0.2, 0.25) is 0 Å². The van der Waals surface area contributed by atoms with Crippen molar-refractivity contribution in [1.29, 1.82) is 0 Å². The molecule has 0 aliphatic heterocycles. The Morgan fingerprint density at radius 1 is 0.714 bits per heavy atom. The van der Waals surface area contributed by atoms with Crippen molar-refractivity contribution in [1.82, 2.24) is 0 Å². The van der Waals surface area contributed by atoms with Crippen LogP contribution in [-0.4, -0.2) is 19.8 Å². The van der Waals surface area contributed by atoms with Crippen molar-refractivity contribution >= 4 is 12.4 Å². The van der Waals surface area contributed by atoms with Crippen molar-refractivity contribution in [3.05, 3.63) is 0 Å². The van der Waals surface area contributed by atoms with E-state index in [1.54, 1.807) is 0 Å². The Balaban J connectivity index is 0. The molecule has 87 valence electrons. The van der Waals surface area contributed by atoms with Crippen molar-refractivity contribution in [3.63, 3.8) is 0 Å². The first kappa shape index (κ1) is 17.4. The molecular formula is C9H22ClO3Zr. The van der Waals surface area contributed by atoms with Gasteiger partial charge in [0.15, 0.2) is 0 Å². The van der Waals surface area contributed by atoms with Crippen LogP contribution >= 0.6 is 12.4 Å². The third-order valence-electron chi connectivity index (χ3n) is 1.27. The summed E-state index contributed by atoms with van der Waals surface area (Å²) >= 11 is -2.34. The van der Waals surface area contributed by atoms with E-state index in [9.17, 15) is 0 Å². The molecule has 0 aliphatic carbocycles. The van der Waals surface area contributed by atoms with Gasteiger partial charge in [-0.05, 0) is 0 Å². The van der Waals surface area contributed by atoms with Crippen molar-refractivity contribution in [2.24, 2.45) is 0 Å². The number of hydrogen-bond donors (Lipinski definition) is 0. The normalized spacial score (nSPS) is 9.64. The van der Waals surface area contributed by atoms with Gasteiger partial charge in [0.1, 0.15) is 0 Å². The van der Waals surface area contributed by atoms with E-state index in [0.717, 1.165) is 39.1 Å². The van der Waals surface area contributed by atoms with E-state index in [1.807, 2.05) is 0 Å². The van der Waals surface area contributed by atoms with Crippen LogP contribution < -0.4 is 0 Å². The van der Waals surface area contributed by atoms with Crippen LogP contribution in [0.15, 0.2) is 0 Å². The van der Waals surface area contributed by atoms with E-state index in [1.165, 1.54) is 0 Å². The predicted octanol–water partition coefficient (Wildman–Crippen LogP) is 3.05. The van der Waals surface area contributed by atoms with Crippen molar-refractivity contribution in [2.45, 2.75) is 40.0 Å². The topological polar surface area (TPSA) is 27.7 Å². The quantitative estimate of drug-likeness (QED) is 0.655. The van der Waals surface area contributed by atoms with Gasteiger partial charge in [-0.15, -0.1) is 12.4 Å². The van der Waals surface area contributed by atoms with Crippen LogP contribution in [-0.2, 0) is 31.5 Å². The van der Waals surface area contributed by atoms with Gasteiger partial charge in [-0.3, -0.25) is 0 Å². The molecule has 0 bridgehead atoms. The van der Waals surface area contributed by atoms with E-state index >= 15 is 0 Å². The van der Waals surface area contributed by atoms with Gasteiger partial charge in [0.05, 0.1) is 0 Å². The third-order valence-corrected chi connectivity index (χ3v) is 4.52. The fraction of sp³-hybridized carbons (Fsp3) is 1.00. The zero-order valence-corrected chi connectivity index (χ0v) is 12.7. The smallest absolute Gasteiger partial charge is 0.147 e. The third kappa shape index (κ3) is 11.1. The molecule has 0 saturated heterocycles. The van der Waals surface area contributed by atoms with Gasteiger partial charge in [-0.1, -0.05) is 0 Å².